The van der Waals surface area contributed by atoms with E-state index < -0.39 is 0 Å². The van der Waals surface area contributed by atoms with Gasteiger partial charge in [0, 0.05) is 7.11 Å². The summed E-state index contributed by atoms with van der Waals surface area (Å²) in [5.74, 6) is 0.858. The summed E-state index contributed by atoms with van der Waals surface area (Å²) in [6.07, 6.45) is 0. The molecular formula is C19H17O2. The fraction of sp³-hybridized carbons (Fsp3) is 0.158. The van der Waals surface area contributed by atoms with Gasteiger partial charge in [0.05, 0.1) is 6.61 Å². The zero-order valence-corrected chi connectivity index (χ0v) is 12.0. The smallest absolute Gasteiger partial charge is 0.119 e. The highest BCUT2D eigenvalue weighted by molar-refractivity contribution is 5.86. The summed E-state index contributed by atoms with van der Waals surface area (Å²) in [6, 6.07) is 24.0. The van der Waals surface area contributed by atoms with Gasteiger partial charge in [-0.2, -0.15) is 0 Å². The summed E-state index contributed by atoms with van der Waals surface area (Å²) < 4.78 is 10.5. The Morgan fingerprint density at radius 2 is 1.67 bits per heavy atom. The Hall–Kier alpha value is -2.32. The molecule has 0 atom stereocenters. The Labute approximate surface area is 124 Å². The highest BCUT2D eigenvalue weighted by Crippen LogP contribution is 2.25. The third kappa shape index (κ3) is 3.23. The van der Waals surface area contributed by atoms with Crippen LogP contribution in [0.15, 0.2) is 60.7 Å². The van der Waals surface area contributed by atoms with Crippen molar-refractivity contribution in [1.82, 2.24) is 0 Å². The van der Waals surface area contributed by atoms with Gasteiger partial charge in [0.15, 0.2) is 0 Å². The molecule has 105 valence electrons. The Morgan fingerprint density at radius 3 is 2.48 bits per heavy atom. The van der Waals surface area contributed by atoms with Crippen LogP contribution in [0.4, 0.5) is 0 Å². The second-order valence-corrected chi connectivity index (χ2v) is 4.82. The monoisotopic (exact) mass is 277 g/mol. The van der Waals surface area contributed by atoms with Crippen LogP contribution in [0.1, 0.15) is 0 Å². The van der Waals surface area contributed by atoms with E-state index in [0.717, 1.165) is 22.3 Å². The molecule has 0 saturated heterocycles. The van der Waals surface area contributed by atoms with Crippen LogP contribution in [0, 0.1) is 6.07 Å². The average Bonchev–Trinajstić information content (AvgIpc) is 2.55. The largest absolute Gasteiger partial charge is 0.491 e. The Bertz CT molecular complexity index is 717. The molecule has 0 saturated carbocycles. The van der Waals surface area contributed by atoms with E-state index in [2.05, 4.69) is 42.5 Å². The molecule has 0 heterocycles. The van der Waals surface area contributed by atoms with Crippen LogP contribution in [-0.4, -0.2) is 20.3 Å². The lowest BCUT2D eigenvalue weighted by Crippen LogP contribution is -2.03. The number of rotatable bonds is 5. The minimum absolute atomic E-state index is 0.567. The molecule has 3 aromatic rings. The van der Waals surface area contributed by atoms with E-state index in [1.54, 1.807) is 7.11 Å². The first-order chi connectivity index (χ1) is 10.4. The summed E-state index contributed by atoms with van der Waals surface area (Å²) in [4.78, 5) is 0. The summed E-state index contributed by atoms with van der Waals surface area (Å²) in [5.41, 5.74) is 2.23. The van der Waals surface area contributed by atoms with E-state index in [9.17, 15) is 0 Å². The van der Waals surface area contributed by atoms with Crippen LogP contribution in [-0.2, 0) is 4.74 Å². The first-order valence-corrected chi connectivity index (χ1v) is 7.00. The van der Waals surface area contributed by atoms with Crippen LogP contribution in [0.3, 0.4) is 0 Å². The molecule has 2 nitrogen and oxygen atoms in total. The lowest BCUT2D eigenvalue weighted by atomic mass is 10.0. The van der Waals surface area contributed by atoms with Crippen LogP contribution in [0.25, 0.3) is 21.9 Å². The van der Waals surface area contributed by atoms with Crippen LogP contribution < -0.4 is 4.74 Å². The van der Waals surface area contributed by atoms with Crippen molar-refractivity contribution in [3.05, 3.63) is 66.7 Å². The van der Waals surface area contributed by atoms with Crippen molar-refractivity contribution >= 4 is 10.8 Å². The Kier molecular flexibility index (Phi) is 4.17. The van der Waals surface area contributed by atoms with E-state index in [0.29, 0.717) is 13.2 Å². The molecule has 0 unspecified atom stereocenters. The third-order valence-corrected chi connectivity index (χ3v) is 3.38. The molecule has 3 rings (SSSR count). The van der Waals surface area contributed by atoms with E-state index >= 15 is 0 Å². The summed E-state index contributed by atoms with van der Waals surface area (Å²) in [6.45, 7) is 1.16. The van der Waals surface area contributed by atoms with Crippen molar-refractivity contribution in [1.29, 1.82) is 0 Å². The Morgan fingerprint density at radius 1 is 0.857 bits per heavy atom. The molecule has 0 aliphatic rings. The third-order valence-electron chi connectivity index (χ3n) is 3.38. The van der Waals surface area contributed by atoms with Gasteiger partial charge in [0.2, 0.25) is 0 Å². The fourth-order valence-electron chi connectivity index (χ4n) is 2.26. The Balaban J connectivity index is 1.81. The van der Waals surface area contributed by atoms with Crippen molar-refractivity contribution in [2.45, 2.75) is 0 Å². The standard InChI is InChI=1S/C19H17O2/c1-20-12-13-21-19-10-8-16(9-11-19)18-7-6-15-4-2-3-5-17(15)14-18/h2-11H,12-13H2,1H3. The number of hydrogen-bond acceptors (Lipinski definition) is 2. The van der Waals surface area contributed by atoms with E-state index in [1.807, 2.05) is 24.3 Å². The van der Waals surface area contributed by atoms with Crippen molar-refractivity contribution in [3.63, 3.8) is 0 Å². The first kappa shape index (κ1) is 13.7. The molecule has 1 radical (unpaired) electrons. The quantitative estimate of drug-likeness (QED) is 0.646. The van der Waals surface area contributed by atoms with Crippen molar-refractivity contribution in [2.75, 3.05) is 20.3 Å². The van der Waals surface area contributed by atoms with E-state index in [4.69, 9.17) is 9.47 Å². The minimum Gasteiger partial charge on any atom is -0.491 e. The van der Waals surface area contributed by atoms with Gasteiger partial charge in [-0.1, -0.05) is 48.5 Å². The van der Waals surface area contributed by atoms with Crippen LogP contribution in [0.5, 0.6) is 5.75 Å². The topological polar surface area (TPSA) is 18.5 Å². The van der Waals surface area contributed by atoms with Crippen LogP contribution in [0.2, 0.25) is 0 Å². The molecular weight excluding hydrogens is 260 g/mol. The predicted octanol–water partition coefficient (Wildman–Crippen LogP) is 4.33. The maximum Gasteiger partial charge on any atom is 0.119 e. The summed E-state index contributed by atoms with van der Waals surface area (Å²) >= 11 is 0. The zero-order chi connectivity index (χ0) is 14.5. The minimum atomic E-state index is 0.567. The van der Waals surface area contributed by atoms with Gasteiger partial charge in [0.1, 0.15) is 12.4 Å². The average molecular weight is 277 g/mol. The maximum absolute atomic E-state index is 5.57. The zero-order valence-electron chi connectivity index (χ0n) is 12.0. The molecule has 0 N–H and O–H groups in total. The normalized spacial score (nSPS) is 10.7. The van der Waals surface area contributed by atoms with Gasteiger partial charge < -0.3 is 9.47 Å². The second-order valence-electron chi connectivity index (χ2n) is 4.82. The molecule has 0 aliphatic heterocycles. The molecule has 2 heteroatoms. The molecule has 0 amide bonds. The number of methoxy groups -OCH3 is 1. The fourth-order valence-corrected chi connectivity index (χ4v) is 2.26. The number of benzene rings is 3. The van der Waals surface area contributed by atoms with Gasteiger partial charge >= 0.3 is 0 Å². The van der Waals surface area contributed by atoms with Gasteiger partial charge in [0.25, 0.3) is 0 Å². The molecule has 3 aromatic carbocycles. The molecule has 0 bridgehead atoms. The maximum atomic E-state index is 5.57. The first-order valence-electron chi connectivity index (χ1n) is 7.00. The van der Waals surface area contributed by atoms with Gasteiger partial charge in [-0.25, -0.2) is 0 Å². The molecule has 21 heavy (non-hydrogen) atoms. The summed E-state index contributed by atoms with van der Waals surface area (Å²) in [5, 5.41) is 2.34. The lowest BCUT2D eigenvalue weighted by molar-refractivity contribution is 0.146. The van der Waals surface area contributed by atoms with Crippen molar-refractivity contribution in [3.8, 4) is 16.9 Å². The van der Waals surface area contributed by atoms with Crippen molar-refractivity contribution < 1.29 is 9.47 Å². The van der Waals surface area contributed by atoms with E-state index in [-0.39, 0.29) is 0 Å². The van der Waals surface area contributed by atoms with Gasteiger partial charge in [-0.3, -0.25) is 0 Å². The van der Waals surface area contributed by atoms with Gasteiger partial charge in [-0.05, 0) is 40.1 Å². The van der Waals surface area contributed by atoms with Gasteiger partial charge in [-0.15, -0.1) is 0 Å². The van der Waals surface area contributed by atoms with Crippen molar-refractivity contribution in [2.24, 2.45) is 0 Å². The molecule has 0 aliphatic carbocycles. The number of hydrogen-bond donors (Lipinski definition) is 0. The van der Waals surface area contributed by atoms with Crippen LogP contribution >= 0.6 is 0 Å². The predicted molar refractivity (Wildman–Crippen MR) is 85.6 cm³/mol. The molecule has 0 aromatic heterocycles. The number of fused-ring (bicyclic) bond motifs is 1. The highest BCUT2D eigenvalue weighted by Gasteiger charge is 2.01. The van der Waals surface area contributed by atoms with E-state index in [1.165, 1.54) is 5.39 Å². The SMILES string of the molecule is COCCOc1ccc(-c2[c]c3ccccc3cc2)cc1. The molecule has 0 fully saturated rings. The highest BCUT2D eigenvalue weighted by atomic mass is 16.5. The molecule has 0 spiro atoms. The summed E-state index contributed by atoms with van der Waals surface area (Å²) in [7, 11) is 1.67. The lowest BCUT2D eigenvalue weighted by Gasteiger charge is -2.07. The number of ether oxygens (including phenoxy) is 2. The second kappa shape index (κ2) is 6.42.